The Hall–Kier alpha value is -4.67. The molecule has 0 radical (unpaired) electrons. The lowest BCUT2D eigenvalue weighted by molar-refractivity contribution is -0.139. The SMILES string of the molecule is COc1ccc(Cn2ncc(N[C@@H](C)COCCC(=O)N3CCn4c(c(F)c5cc(C(F)(F)F)cnc54)C3)c(C(F)(F)F)c2=O)cc1. The quantitative estimate of drug-likeness (QED) is 0.186. The van der Waals surface area contributed by atoms with Crippen molar-refractivity contribution in [2.45, 2.75) is 51.4 Å². The minimum absolute atomic E-state index is 0.0326. The highest BCUT2D eigenvalue weighted by Gasteiger charge is 2.39. The number of benzene rings is 1. The van der Waals surface area contributed by atoms with E-state index in [2.05, 4.69) is 15.4 Å². The number of rotatable bonds is 10. The number of aromatic nitrogens is 4. The van der Waals surface area contributed by atoms with Gasteiger partial charge in [0.2, 0.25) is 5.91 Å². The molecule has 0 aliphatic carbocycles. The van der Waals surface area contributed by atoms with Crippen LogP contribution in [0.15, 0.2) is 47.5 Å². The van der Waals surface area contributed by atoms with Crippen molar-refractivity contribution >= 4 is 22.6 Å². The zero-order valence-electron chi connectivity index (χ0n) is 25.1. The zero-order valence-corrected chi connectivity index (χ0v) is 25.1. The summed E-state index contributed by atoms with van der Waals surface area (Å²) >= 11 is 0. The Kier molecular flexibility index (Phi) is 9.47. The van der Waals surface area contributed by atoms with Gasteiger partial charge in [-0.25, -0.2) is 14.1 Å². The Morgan fingerprint density at radius 3 is 2.45 bits per heavy atom. The highest BCUT2D eigenvalue weighted by atomic mass is 19.4. The summed E-state index contributed by atoms with van der Waals surface area (Å²) in [5, 5.41) is 6.22. The van der Waals surface area contributed by atoms with E-state index in [0.29, 0.717) is 28.3 Å². The van der Waals surface area contributed by atoms with Crippen molar-refractivity contribution in [1.82, 2.24) is 24.2 Å². The number of hydrogen-bond acceptors (Lipinski definition) is 7. The maximum Gasteiger partial charge on any atom is 0.423 e. The number of amides is 1. The molecule has 1 aromatic carbocycles. The second-order valence-corrected chi connectivity index (χ2v) is 10.9. The first-order valence-corrected chi connectivity index (χ1v) is 14.3. The Morgan fingerprint density at radius 2 is 1.79 bits per heavy atom. The Morgan fingerprint density at radius 1 is 1.06 bits per heavy atom. The molecule has 4 heterocycles. The van der Waals surface area contributed by atoms with Crippen LogP contribution in [0.1, 0.15) is 35.7 Å². The van der Waals surface area contributed by atoms with Gasteiger partial charge >= 0.3 is 12.4 Å². The molecule has 252 valence electrons. The number of hydrogen-bond donors (Lipinski definition) is 1. The predicted molar refractivity (Wildman–Crippen MR) is 154 cm³/mol. The summed E-state index contributed by atoms with van der Waals surface area (Å²) in [7, 11) is 1.47. The van der Waals surface area contributed by atoms with Gasteiger partial charge in [0.05, 0.1) is 68.4 Å². The minimum Gasteiger partial charge on any atom is -0.497 e. The molecule has 1 N–H and O–H groups in total. The van der Waals surface area contributed by atoms with Gasteiger partial charge in [0, 0.05) is 25.3 Å². The summed E-state index contributed by atoms with van der Waals surface area (Å²) in [5.41, 5.74) is -3.72. The topological polar surface area (TPSA) is 104 Å². The van der Waals surface area contributed by atoms with Gasteiger partial charge in [0.15, 0.2) is 5.82 Å². The summed E-state index contributed by atoms with van der Waals surface area (Å²) in [6.07, 6.45) is -8.25. The fraction of sp³-hybridized carbons (Fsp3) is 0.400. The molecule has 1 amide bonds. The van der Waals surface area contributed by atoms with Crippen molar-refractivity contribution in [3.05, 3.63) is 81.3 Å². The number of nitrogens with zero attached hydrogens (tertiary/aromatic N) is 5. The number of methoxy groups -OCH3 is 1. The van der Waals surface area contributed by atoms with Gasteiger partial charge in [0.25, 0.3) is 5.56 Å². The standard InChI is InChI=1S/C30H29F7N6O4/c1-17(40-22-13-39-43(28(45)25(22)30(35,36)37)14-18-3-5-20(46-2)6-4-18)16-47-10-7-24(44)41-8-9-42-23(15-41)26(31)21-11-19(29(32,33)34)12-38-27(21)42/h3-6,11-13,17,40H,7-10,14-16H2,1-2H3/t17-/m0/s1. The molecule has 1 aliphatic heterocycles. The monoisotopic (exact) mass is 670 g/mol. The number of fused-ring (bicyclic) bond motifs is 3. The van der Waals surface area contributed by atoms with Crippen LogP contribution in [0.5, 0.6) is 5.75 Å². The maximum atomic E-state index is 15.1. The molecule has 3 aromatic heterocycles. The van der Waals surface area contributed by atoms with Crippen LogP contribution in [0, 0.1) is 5.82 Å². The van der Waals surface area contributed by atoms with Crippen LogP contribution in [0.4, 0.5) is 36.4 Å². The molecule has 5 rings (SSSR count). The molecule has 0 bridgehead atoms. The van der Waals surface area contributed by atoms with Crippen LogP contribution in [0.25, 0.3) is 11.0 Å². The third kappa shape index (κ3) is 7.34. The molecule has 0 spiro atoms. The van der Waals surface area contributed by atoms with Gasteiger partial charge in [-0.3, -0.25) is 9.59 Å². The van der Waals surface area contributed by atoms with E-state index < -0.39 is 52.5 Å². The average Bonchev–Trinajstić information content (AvgIpc) is 3.30. The molecule has 0 saturated heterocycles. The largest absolute Gasteiger partial charge is 0.497 e. The lowest BCUT2D eigenvalue weighted by Crippen LogP contribution is -2.39. The number of nitrogens with one attached hydrogen (secondary N) is 1. The zero-order chi connectivity index (χ0) is 34.1. The Bertz CT molecular complexity index is 1820. The van der Waals surface area contributed by atoms with E-state index in [0.717, 1.165) is 6.20 Å². The molecule has 1 aliphatic rings. The average molecular weight is 671 g/mol. The number of ether oxygens (including phenoxy) is 2. The van der Waals surface area contributed by atoms with E-state index in [4.69, 9.17) is 9.47 Å². The van der Waals surface area contributed by atoms with Crippen LogP contribution in [0.3, 0.4) is 0 Å². The van der Waals surface area contributed by atoms with Gasteiger partial charge in [-0.05, 0) is 30.7 Å². The van der Waals surface area contributed by atoms with Crippen molar-refractivity contribution in [2.24, 2.45) is 0 Å². The summed E-state index contributed by atoms with van der Waals surface area (Å²) < 4.78 is 109. The smallest absolute Gasteiger partial charge is 0.423 e. The molecule has 0 fully saturated rings. The molecule has 1 atom stereocenters. The lowest BCUT2D eigenvalue weighted by atomic mass is 10.2. The number of halogens is 7. The molecule has 4 aromatic rings. The first-order chi connectivity index (χ1) is 22.2. The molecule has 17 heteroatoms. The minimum atomic E-state index is -4.98. The molecular weight excluding hydrogens is 641 g/mol. The van der Waals surface area contributed by atoms with Gasteiger partial charge < -0.3 is 24.3 Å². The lowest BCUT2D eigenvalue weighted by Gasteiger charge is -2.29. The molecule has 0 unspecified atom stereocenters. The van der Waals surface area contributed by atoms with Gasteiger partial charge in [-0.15, -0.1) is 0 Å². The van der Waals surface area contributed by atoms with Crippen LogP contribution in [-0.2, 0) is 41.5 Å². The van der Waals surface area contributed by atoms with E-state index >= 15 is 4.39 Å². The Balaban J connectivity index is 1.16. The van der Waals surface area contributed by atoms with E-state index in [9.17, 15) is 35.9 Å². The number of anilines is 1. The third-order valence-corrected chi connectivity index (χ3v) is 7.60. The fourth-order valence-electron chi connectivity index (χ4n) is 5.25. The van der Waals surface area contributed by atoms with Crippen LogP contribution in [0.2, 0.25) is 0 Å². The number of carbonyl (C=O) groups is 1. The molecular formula is C30H29F7N6O4. The first-order valence-electron chi connectivity index (χ1n) is 14.3. The molecule has 0 saturated carbocycles. The van der Waals surface area contributed by atoms with E-state index in [-0.39, 0.29) is 62.5 Å². The van der Waals surface area contributed by atoms with Crippen molar-refractivity contribution < 1.29 is 45.0 Å². The molecule has 10 nitrogen and oxygen atoms in total. The van der Waals surface area contributed by atoms with Gasteiger partial charge in [-0.2, -0.15) is 31.4 Å². The summed E-state index contributed by atoms with van der Waals surface area (Å²) in [6, 6.07) is 6.40. The summed E-state index contributed by atoms with van der Waals surface area (Å²) in [5.74, 6) is -0.745. The summed E-state index contributed by atoms with van der Waals surface area (Å²) in [6.45, 7) is 1.18. The third-order valence-electron chi connectivity index (χ3n) is 7.60. The van der Waals surface area contributed by atoms with Crippen molar-refractivity contribution in [3.8, 4) is 5.75 Å². The maximum absolute atomic E-state index is 15.1. The van der Waals surface area contributed by atoms with Crippen molar-refractivity contribution in [2.75, 3.05) is 32.2 Å². The second kappa shape index (κ2) is 13.2. The number of alkyl halides is 6. The van der Waals surface area contributed by atoms with Gasteiger partial charge in [0.1, 0.15) is 17.0 Å². The fourth-order valence-corrected chi connectivity index (χ4v) is 5.25. The van der Waals surface area contributed by atoms with E-state index in [1.807, 2.05) is 0 Å². The van der Waals surface area contributed by atoms with Crippen molar-refractivity contribution in [3.63, 3.8) is 0 Å². The highest BCUT2D eigenvalue weighted by molar-refractivity contribution is 5.81. The van der Waals surface area contributed by atoms with E-state index in [1.165, 1.54) is 23.5 Å². The summed E-state index contributed by atoms with van der Waals surface area (Å²) in [4.78, 5) is 30.7. The first kappa shape index (κ1) is 33.7. The predicted octanol–water partition coefficient (Wildman–Crippen LogP) is 5.08. The number of carbonyl (C=O) groups excluding carboxylic acids is 1. The van der Waals surface area contributed by atoms with Gasteiger partial charge in [-0.1, -0.05) is 12.1 Å². The molecule has 47 heavy (non-hydrogen) atoms. The van der Waals surface area contributed by atoms with E-state index in [1.54, 1.807) is 24.3 Å². The second-order valence-electron chi connectivity index (χ2n) is 10.9. The normalized spacial score (nSPS) is 14.3. The van der Waals surface area contributed by atoms with Crippen LogP contribution >= 0.6 is 0 Å². The van der Waals surface area contributed by atoms with Crippen LogP contribution < -0.4 is 15.6 Å². The highest BCUT2D eigenvalue weighted by Crippen LogP contribution is 2.34. The number of pyridine rings is 1. The van der Waals surface area contributed by atoms with Crippen molar-refractivity contribution in [1.29, 1.82) is 0 Å². The Labute approximate surface area is 262 Å². The van der Waals surface area contributed by atoms with Crippen LogP contribution in [-0.4, -0.2) is 63.0 Å².